The number of carbonyl (C=O) groups is 2. The van der Waals surface area contributed by atoms with E-state index in [4.69, 9.17) is 14.2 Å². The molecule has 1 spiro atoms. The number of carbonyl (C=O) groups excluding carboxylic acids is 2. The highest BCUT2D eigenvalue weighted by atomic mass is 16.5. The van der Waals surface area contributed by atoms with Crippen LogP contribution in [0.5, 0.6) is 5.75 Å². The van der Waals surface area contributed by atoms with Crippen molar-refractivity contribution < 1.29 is 23.8 Å². The molecule has 31 heavy (non-hydrogen) atoms. The summed E-state index contributed by atoms with van der Waals surface area (Å²) >= 11 is 0. The number of hydrogen-bond donors (Lipinski definition) is 1. The van der Waals surface area contributed by atoms with Gasteiger partial charge in [-0.1, -0.05) is 12.1 Å². The number of fused-ring (bicyclic) bond motifs is 2. The zero-order valence-electron chi connectivity index (χ0n) is 17.9. The summed E-state index contributed by atoms with van der Waals surface area (Å²) < 4.78 is 18.5. The van der Waals surface area contributed by atoms with Crippen molar-refractivity contribution in [2.24, 2.45) is 0 Å². The largest absolute Gasteiger partial charge is 0.497 e. The molecule has 2 aliphatic rings. The van der Waals surface area contributed by atoms with Crippen molar-refractivity contribution in [2.45, 2.75) is 37.6 Å². The molecule has 0 saturated carbocycles. The normalized spacial score (nSPS) is 19.7. The van der Waals surface area contributed by atoms with Gasteiger partial charge in [0.15, 0.2) is 6.10 Å². The van der Waals surface area contributed by atoms with E-state index in [1.165, 1.54) is 7.11 Å². The Labute approximate surface area is 181 Å². The summed E-state index contributed by atoms with van der Waals surface area (Å²) in [6.07, 6.45) is 4.16. The molecule has 0 bridgehead atoms. The number of hydrogen-bond acceptors (Lipinski definition) is 6. The van der Waals surface area contributed by atoms with Crippen LogP contribution in [0.15, 0.2) is 36.7 Å². The van der Waals surface area contributed by atoms with Gasteiger partial charge in [-0.05, 0) is 17.7 Å². The lowest BCUT2D eigenvalue weighted by Gasteiger charge is -2.45. The molecule has 1 saturated heterocycles. The van der Waals surface area contributed by atoms with E-state index in [0.29, 0.717) is 39.0 Å². The minimum Gasteiger partial charge on any atom is -0.497 e. The van der Waals surface area contributed by atoms with Crippen LogP contribution in [-0.2, 0) is 37.8 Å². The Kier molecular flexibility index (Phi) is 6.24. The molecule has 1 N–H and O–H groups in total. The SMILES string of the molecule is COCC(=O)N1CCC2(CC1)O[C@H](C(=O)NCc1ccc(OC)cc1)Cn1ccnc12. The van der Waals surface area contributed by atoms with Crippen LogP contribution in [0.25, 0.3) is 0 Å². The summed E-state index contributed by atoms with van der Waals surface area (Å²) in [5.41, 5.74) is 0.307. The van der Waals surface area contributed by atoms with Crippen LogP contribution in [-0.4, -0.2) is 66.3 Å². The van der Waals surface area contributed by atoms with Gasteiger partial charge >= 0.3 is 0 Å². The fourth-order valence-electron chi connectivity index (χ4n) is 4.25. The number of piperidine rings is 1. The van der Waals surface area contributed by atoms with Crippen molar-refractivity contribution in [1.29, 1.82) is 0 Å². The van der Waals surface area contributed by atoms with Crippen molar-refractivity contribution in [2.75, 3.05) is 33.9 Å². The Morgan fingerprint density at radius 3 is 2.65 bits per heavy atom. The maximum Gasteiger partial charge on any atom is 0.251 e. The predicted molar refractivity (Wildman–Crippen MR) is 111 cm³/mol. The van der Waals surface area contributed by atoms with Crippen molar-refractivity contribution in [3.8, 4) is 5.75 Å². The molecule has 1 aromatic heterocycles. The molecule has 2 aliphatic heterocycles. The van der Waals surface area contributed by atoms with E-state index >= 15 is 0 Å². The number of aromatic nitrogens is 2. The molecule has 2 aromatic rings. The Hall–Kier alpha value is -2.91. The maximum absolute atomic E-state index is 12.9. The van der Waals surface area contributed by atoms with Gasteiger partial charge in [0.2, 0.25) is 5.91 Å². The van der Waals surface area contributed by atoms with Crippen LogP contribution in [0.1, 0.15) is 24.2 Å². The Bertz CT molecular complexity index is 918. The van der Waals surface area contributed by atoms with E-state index in [0.717, 1.165) is 17.1 Å². The summed E-state index contributed by atoms with van der Waals surface area (Å²) in [5, 5.41) is 2.98. The molecule has 1 fully saturated rings. The molecule has 1 atom stereocenters. The topological polar surface area (TPSA) is 94.9 Å². The Balaban J connectivity index is 1.42. The molecule has 4 rings (SSSR count). The Morgan fingerprint density at radius 2 is 1.97 bits per heavy atom. The fourth-order valence-corrected chi connectivity index (χ4v) is 4.25. The van der Waals surface area contributed by atoms with Gasteiger partial charge < -0.3 is 29.0 Å². The van der Waals surface area contributed by atoms with E-state index in [9.17, 15) is 9.59 Å². The summed E-state index contributed by atoms with van der Waals surface area (Å²) in [6, 6.07) is 7.57. The molecule has 166 valence electrons. The fraction of sp³-hybridized carbons (Fsp3) is 0.500. The summed E-state index contributed by atoms with van der Waals surface area (Å²) in [7, 11) is 3.13. The standard InChI is InChI=1S/C22H28N4O5/c1-29-15-19(27)25-10-7-22(8-11-25)21-23-9-12-26(21)14-18(31-22)20(28)24-13-16-3-5-17(30-2)6-4-16/h3-6,9,12,18H,7-8,10-11,13-15H2,1-2H3,(H,24,28)/t18-/m0/s1. The van der Waals surface area contributed by atoms with E-state index in [2.05, 4.69) is 10.3 Å². The van der Waals surface area contributed by atoms with Crippen molar-refractivity contribution in [1.82, 2.24) is 19.8 Å². The number of benzene rings is 1. The molecule has 9 heteroatoms. The lowest BCUT2D eigenvalue weighted by Crippen LogP contribution is -2.55. The molecular weight excluding hydrogens is 400 g/mol. The predicted octanol–water partition coefficient (Wildman–Crippen LogP) is 1.07. The number of nitrogens with one attached hydrogen (secondary N) is 1. The average Bonchev–Trinajstić information content (AvgIpc) is 3.28. The number of rotatable bonds is 6. The lowest BCUT2D eigenvalue weighted by atomic mass is 9.88. The highest BCUT2D eigenvalue weighted by Gasteiger charge is 2.47. The first-order valence-electron chi connectivity index (χ1n) is 10.4. The van der Waals surface area contributed by atoms with Crippen molar-refractivity contribution in [3.05, 3.63) is 48.0 Å². The minimum atomic E-state index is -0.673. The van der Waals surface area contributed by atoms with Gasteiger partial charge in [0.05, 0.1) is 13.7 Å². The number of likely N-dealkylation sites (tertiary alicyclic amines) is 1. The molecule has 2 amide bonds. The molecule has 0 aliphatic carbocycles. The highest BCUT2D eigenvalue weighted by molar-refractivity contribution is 5.81. The monoisotopic (exact) mass is 428 g/mol. The van der Waals surface area contributed by atoms with Crippen molar-refractivity contribution in [3.63, 3.8) is 0 Å². The Morgan fingerprint density at radius 1 is 1.23 bits per heavy atom. The number of ether oxygens (including phenoxy) is 3. The van der Waals surface area contributed by atoms with Gasteiger partial charge in [-0.15, -0.1) is 0 Å². The van der Waals surface area contributed by atoms with Crippen LogP contribution in [0.3, 0.4) is 0 Å². The molecule has 0 unspecified atom stereocenters. The summed E-state index contributed by atoms with van der Waals surface area (Å²) in [5.74, 6) is 1.40. The molecule has 9 nitrogen and oxygen atoms in total. The van der Waals surface area contributed by atoms with Crippen LogP contribution in [0.4, 0.5) is 0 Å². The number of nitrogens with zero attached hydrogens (tertiary/aromatic N) is 3. The second kappa shape index (κ2) is 9.07. The maximum atomic E-state index is 12.9. The number of imidazole rings is 1. The third-order valence-corrected chi connectivity index (χ3v) is 5.96. The third kappa shape index (κ3) is 4.42. The van der Waals surface area contributed by atoms with Gasteiger partial charge in [0.25, 0.3) is 5.91 Å². The zero-order chi connectivity index (χ0) is 21.8. The van der Waals surface area contributed by atoms with Crippen LogP contribution >= 0.6 is 0 Å². The van der Waals surface area contributed by atoms with Gasteiger partial charge in [0, 0.05) is 52.0 Å². The van der Waals surface area contributed by atoms with Gasteiger partial charge in [-0.25, -0.2) is 4.98 Å². The first kappa shape index (κ1) is 21.3. The first-order chi connectivity index (χ1) is 15.0. The second-order valence-corrected chi connectivity index (χ2v) is 7.88. The lowest BCUT2D eigenvalue weighted by molar-refractivity contribution is -0.176. The van der Waals surface area contributed by atoms with Crippen LogP contribution in [0.2, 0.25) is 0 Å². The number of amides is 2. The molecular formula is C22H28N4O5. The molecule has 0 radical (unpaired) electrons. The molecule has 3 heterocycles. The van der Waals surface area contributed by atoms with Crippen LogP contribution in [0, 0.1) is 0 Å². The third-order valence-electron chi connectivity index (χ3n) is 5.96. The van der Waals surface area contributed by atoms with E-state index in [1.807, 2.05) is 35.0 Å². The second-order valence-electron chi connectivity index (χ2n) is 7.88. The van der Waals surface area contributed by atoms with E-state index in [-0.39, 0.29) is 18.4 Å². The quantitative estimate of drug-likeness (QED) is 0.740. The van der Waals surface area contributed by atoms with Gasteiger partial charge in [-0.2, -0.15) is 0 Å². The van der Waals surface area contributed by atoms with Crippen molar-refractivity contribution >= 4 is 11.8 Å². The first-order valence-corrected chi connectivity index (χ1v) is 10.4. The smallest absolute Gasteiger partial charge is 0.251 e. The van der Waals surface area contributed by atoms with E-state index in [1.54, 1.807) is 18.2 Å². The van der Waals surface area contributed by atoms with Gasteiger partial charge in [-0.3, -0.25) is 9.59 Å². The summed E-state index contributed by atoms with van der Waals surface area (Å²) in [6.45, 7) is 1.97. The van der Waals surface area contributed by atoms with Gasteiger partial charge in [0.1, 0.15) is 23.8 Å². The minimum absolute atomic E-state index is 0.0368. The summed E-state index contributed by atoms with van der Waals surface area (Å²) in [4.78, 5) is 31.4. The van der Waals surface area contributed by atoms with E-state index < -0.39 is 11.7 Å². The molecule has 1 aromatic carbocycles. The zero-order valence-corrected chi connectivity index (χ0v) is 17.9. The average molecular weight is 428 g/mol. The highest BCUT2D eigenvalue weighted by Crippen LogP contribution is 2.40. The van der Waals surface area contributed by atoms with Crippen LogP contribution < -0.4 is 10.1 Å². The number of methoxy groups -OCH3 is 2.